The first-order valence-corrected chi connectivity index (χ1v) is 10.4. The smallest absolute Gasteiger partial charge is 0.341 e. The molecule has 152 valence electrons. The monoisotopic (exact) mass is 404 g/mol. The van der Waals surface area contributed by atoms with E-state index in [4.69, 9.17) is 9.47 Å². The number of thiophene rings is 1. The number of hydrogen-bond donors (Lipinski definition) is 2. The quantitative estimate of drug-likeness (QED) is 0.438. The summed E-state index contributed by atoms with van der Waals surface area (Å²) in [7, 11) is 0. The molecule has 0 fully saturated rings. The number of hydrogen-bond acceptors (Lipinski definition) is 6. The van der Waals surface area contributed by atoms with Crippen molar-refractivity contribution in [1.82, 2.24) is 5.32 Å². The minimum absolute atomic E-state index is 0.191. The lowest BCUT2D eigenvalue weighted by Gasteiger charge is -2.14. The molecule has 0 saturated carbocycles. The van der Waals surface area contributed by atoms with Crippen molar-refractivity contribution in [2.45, 2.75) is 33.2 Å². The average molecular weight is 405 g/mol. The molecule has 0 spiro atoms. The van der Waals surface area contributed by atoms with Gasteiger partial charge in [0.2, 0.25) is 5.91 Å². The number of carbonyl (C=O) groups excluding carboxylic acids is 2. The molecule has 1 heterocycles. The van der Waals surface area contributed by atoms with Gasteiger partial charge in [-0.2, -0.15) is 0 Å². The highest BCUT2D eigenvalue weighted by Crippen LogP contribution is 2.36. The molecular weight excluding hydrogens is 376 g/mol. The maximum absolute atomic E-state index is 12.6. The van der Waals surface area contributed by atoms with Crippen molar-refractivity contribution in [2.75, 3.05) is 31.7 Å². The van der Waals surface area contributed by atoms with Gasteiger partial charge in [0.1, 0.15) is 10.6 Å². The number of nitrogens with one attached hydrogen (secondary N) is 2. The van der Waals surface area contributed by atoms with Gasteiger partial charge in [0, 0.05) is 24.2 Å². The minimum atomic E-state index is -0.435. The van der Waals surface area contributed by atoms with Crippen LogP contribution in [-0.2, 0) is 14.3 Å². The third kappa shape index (κ3) is 6.15. The molecule has 1 aromatic carbocycles. The molecule has 6 nitrogen and oxygen atoms in total. The van der Waals surface area contributed by atoms with E-state index in [0.717, 1.165) is 17.5 Å². The summed E-state index contributed by atoms with van der Waals surface area (Å²) < 4.78 is 10.5. The zero-order valence-electron chi connectivity index (χ0n) is 16.6. The second-order valence-corrected chi connectivity index (χ2v) is 7.04. The Hall–Kier alpha value is -2.22. The molecule has 7 heteroatoms. The van der Waals surface area contributed by atoms with Crippen LogP contribution in [0.3, 0.4) is 0 Å². The van der Waals surface area contributed by atoms with Crippen LogP contribution in [0.1, 0.15) is 37.6 Å². The molecule has 1 atom stereocenters. The minimum Gasteiger partial charge on any atom is -0.462 e. The van der Waals surface area contributed by atoms with Gasteiger partial charge in [0.15, 0.2) is 0 Å². The van der Waals surface area contributed by atoms with E-state index in [9.17, 15) is 9.59 Å². The summed E-state index contributed by atoms with van der Waals surface area (Å²) in [5.74, 6) is -0.626. The summed E-state index contributed by atoms with van der Waals surface area (Å²) in [6, 6.07) is 9.21. The van der Waals surface area contributed by atoms with Crippen molar-refractivity contribution < 1.29 is 19.1 Å². The summed E-state index contributed by atoms with van der Waals surface area (Å²) in [4.78, 5) is 25.1. The van der Waals surface area contributed by atoms with Crippen LogP contribution in [0.5, 0.6) is 0 Å². The second kappa shape index (κ2) is 11.6. The molecule has 0 unspecified atom stereocenters. The molecule has 0 saturated heterocycles. The van der Waals surface area contributed by atoms with Gasteiger partial charge in [-0.05, 0) is 39.3 Å². The number of carbonyl (C=O) groups is 2. The number of esters is 1. The van der Waals surface area contributed by atoms with Gasteiger partial charge in [-0.25, -0.2) is 4.79 Å². The molecular formula is C21H28N2O4S. The second-order valence-electron chi connectivity index (χ2n) is 6.16. The molecule has 0 aliphatic heterocycles. The van der Waals surface area contributed by atoms with Crippen LogP contribution in [0.15, 0.2) is 35.7 Å². The molecule has 28 heavy (non-hydrogen) atoms. The van der Waals surface area contributed by atoms with Crippen molar-refractivity contribution in [3.05, 3.63) is 41.3 Å². The van der Waals surface area contributed by atoms with Gasteiger partial charge in [0.05, 0.1) is 12.6 Å². The first-order valence-electron chi connectivity index (χ1n) is 9.54. The summed E-state index contributed by atoms with van der Waals surface area (Å²) >= 11 is 1.33. The first kappa shape index (κ1) is 22.1. The standard InChI is InChI=1S/C21H28N2O4S/c1-4-26-13-9-12-22-15(3)19(24)23-20-18(21(25)27-5-2)17(14-28-20)16-10-7-6-8-11-16/h6-8,10-11,14-15,22H,4-5,9,12-13H2,1-3H3,(H,23,24)/t15-/m0/s1. The highest BCUT2D eigenvalue weighted by atomic mass is 32.1. The van der Waals surface area contributed by atoms with Crippen molar-refractivity contribution in [1.29, 1.82) is 0 Å². The molecule has 2 rings (SSSR count). The van der Waals surface area contributed by atoms with E-state index in [1.165, 1.54) is 11.3 Å². The van der Waals surface area contributed by atoms with E-state index in [2.05, 4.69) is 10.6 Å². The average Bonchev–Trinajstić information content (AvgIpc) is 3.12. The van der Waals surface area contributed by atoms with Gasteiger partial charge in [-0.15, -0.1) is 11.3 Å². The Morgan fingerprint density at radius 2 is 1.89 bits per heavy atom. The van der Waals surface area contributed by atoms with Crippen LogP contribution in [0.2, 0.25) is 0 Å². The third-order valence-electron chi connectivity index (χ3n) is 4.11. The lowest BCUT2D eigenvalue weighted by molar-refractivity contribution is -0.117. The number of benzene rings is 1. The van der Waals surface area contributed by atoms with E-state index in [1.807, 2.05) is 42.6 Å². The van der Waals surface area contributed by atoms with Crippen molar-refractivity contribution in [3.63, 3.8) is 0 Å². The fraction of sp³-hybridized carbons (Fsp3) is 0.429. The Labute approximate surface area is 170 Å². The maximum Gasteiger partial charge on any atom is 0.341 e. The summed E-state index contributed by atoms with van der Waals surface area (Å²) in [6.07, 6.45) is 0.830. The normalized spacial score (nSPS) is 11.8. The zero-order chi connectivity index (χ0) is 20.4. The SMILES string of the molecule is CCOCCCN[C@@H](C)C(=O)Nc1scc(-c2ccccc2)c1C(=O)OCC. The molecule has 1 amide bonds. The number of rotatable bonds is 11. The number of amides is 1. The summed E-state index contributed by atoms with van der Waals surface area (Å²) in [6.45, 7) is 7.82. The molecule has 0 bridgehead atoms. The molecule has 2 N–H and O–H groups in total. The molecule has 2 aromatic rings. The van der Waals surface area contributed by atoms with Crippen LogP contribution in [0.4, 0.5) is 5.00 Å². The molecule has 0 aliphatic carbocycles. The Kier molecular flexibility index (Phi) is 9.13. The van der Waals surface area contributed by atoms with E-state index in [0.29, 0.717) is 30.3 Å². The largest absolute Gasteiger partial charge is 0.462 e. The molecule has 0 radical (unpaired) electrons. The lowest BCUT2D eigenvalue weighted by Crippen LogP contribution is -2.38. The molecule has 0 aliphatic rings. The van der Waals surface area contributed by atoms with Crippen molar-refractivity contribution >= 4 is 28.2 Å². The van der Waals surface area contributed by atoms with Crippen LogP contribution >= 0.6 is 11.3 Å². The zero-order valence-corrected chi connectivity index (χ0v) is 17.4. The van der Waals surface area contributed by atoms with E-state index < -0.39 is 5.97 Å². The molecule has 1 aromatic heterocycles. The van der Waals surface area contributed by atoms with Gasteiger partial charge >= 0.3 is 5.97 Å². The number of anilines is 1. The highest BCUT2D eigenvalue weighted by molar-refractivity contribution is 7.15. The van der Waals surface area contributed by atoms with Crippen LogP contribution < -0.4 is 10.6 Å². The van der Waals surface area contributed by atoms with E-state index >= 15 is 0 Å². The summed E-state index contributed by atoms with van der Waals surface area (Å²) in [5, 5.41) is 8.42. The van der Waals surface area contributed by atoms with Gasteiger partial charge in [-0.1, -0.05) is 30.3 Å². The predicted octanol–water partition coefficient (Wildman–Crippen LogP) is 3.94. The fourth-order valence-corrected chi connectivity index (χ4v) is 3.60. The van der Waals surface area contributed by atoms with Gasteiger partial charge in [-0.3, -0.25) is 4.79 Å². The maximum atomic E-state index is 12.6. The Morgan fingerprint density at radius 1 is 1.14 bits per heavy atom. The summed E-state index contributed by atoms with van der Waals surface area (Å²) in [5.41, 5.74) is 2.07. The highest BCUT2D eigenvalue weighted by Gasteiger charge is 2.24. The third-order valence-corrected chi connectivity index (χ3v) is 5.00. The van der Waals surface area contributed by atoms with Crippen LogP contribution in [0.25, 0.3) is 11.1 Å². The Balaban J connectivity index is 2.11. The van der Waals surface area contributed by atoms with Gasteiger partial charge < -0.3 is 20.1 Å². The first-order chi connectivity index (χ1) is 13.6. The Bertz CT molecular complexity index is 761. The van der Waals surface area contributed by atoms with Gasteiger partial charge in [0.25, 0.3) is 0 Å². The topological polar surface area (TPSA) is 76.7 Å². The lowest BCUT2D eigenvalue weighted by atomic mass is 10.0. The Morgan fingerprint density at radius 3 is 2.57 bits per heavy atom. The van der Waals surface area contributed by atoms with E-state index in [1.54, 1.807) is 13.8 Å². The van der Waals surface area contributed by atoms with E-state index in [-0.39, 0.29) is 18.6 Å². The van der Waals surface area contributed by atoms with Crippen LogP contribution in [0, 0.1) is 0 Å². The number of ether oxygens (including phenoxy) is 2. The van der Waals surface area contributed by atoms with Crippen LogP contribution in [-0.4, -0.2) is 44.3 Å². The van der Waals surface area contributed by atoms with Crippen molar-refractivity contribution in [2.24, 2.45) is 0 Å². The van der Waals surface area contributed by atoms with Crippen molar-refractivity contribution in [3.8, 4) is 11.1 Å². The fourth-order valence-electron chi connectivity index (χ4n) is 2.64. The predicted molar refractivity (Wildman–Crippen MR) is 113 cm³/mol.